The predicted molar refractivity (Wildman–Crippen MR) is 74.5 cm³/mol. The second-order valence-corrected chi connectivity index (χ2v) is 4.45. The average Bonchev–Trinajstić information content (AvgIpc) is 2.73. The largest absolute Gasteiger partial charge is 0.299 e. The Hall–Kier alpha value is -2.49. The van der Waals surface area contributed by atoms with Crippen molar-refractivity contribution in [1.82, 2.24) is 9.97 Å². The first-order valence-electron chi connectivity index (χ1n) is 6.09. The topological polar surface area (TPSA) is 46.1 Å². The summed E-state index contributed by atoms with van der Waals surface area (Å²) in [6.45, 7) is 0. The molecule has 0 atom stereocenters. The van der Waals surface area contributed by atoms with E-state index in [9.17, 15) is 4.79 Å². The van der Waals surface area contributed by atoms with Crippen LogP contribution in [0.3, 0.4) is 0 Å². The van der Waals surface area contributed by atoms with Crippen LogP contribution in [-0.4, -0.2) is 22.9 Å². The van der Waals surface area contributed by atoms with Crippen LogP contribution in [0.2, 0.25) is 0 Å². The Morgan fingerprint density at radius 2 is 2.00 bits per heavy atom. The Bertz CT molecular complexity index is 650. The van der Waals surface area contributed by atoms with Gasteiger partial charge in [0.1, 0.15) is 5.82 Å². The van der Waals surface area contributed by atoms with E-state index in [2.05, 4.69) is 9.97 Å². The minimum absolute atomic E-state index is 0.0634. The molecule has 19 heavy (non-hydrogen) atoms. The van der Waals surface area contributed by atoms with Gasteiger partial charge >= 0.3 is 0 Å². The summed E-state index contributed by atoms with van der Waals surface area (Å²) in [5, 5.41) is 0. The molecule has 4 heteroatoms. The fourth-order valence-electron chi connectivity index (χ4n) is 2.04. The van der Waals surface area contributed by atoms with E-state index in [0.717, 1.165) is 11.1 Å². The third-order valence-corrected chi connectivity index (χ3v) is 3.12. The standard InChI is InChI=1S/C15H13N3O/c1-18-14(19)9-12-10-16-13(17-15(12)18)8-7-11-5-3-2-4-6-11/h2-8,10H,9H2,1H3/b8-7+. The summed E-state index contributed by atoms with van der Waals surface area (Å²) in [5.74, 6) is 1.39. The van der Waals surface area contributed by atoms with E-state index in [4.69, 9.17) is 0 Å². The molecule has 1 aromatic carbocycles. The second kappa shape index (κ2) is 4.65. The Balaban J connectivity index is 1.88. The van der Waals surface area contributed by atoms with E-state index in [-0.39, 0.29) is 5.91 Å². The number of benzene rings is 1. The van der Waals surface area contributed by atoms with Crippen molar-refractivity contribution in [3.8, 4) is 0 Å². The lowest BCUT2D eigenvalue weighted by Crippen LogP contribution is -2.21. The highest BCUT2D eigenvalue weighted by Gasteiger charge is 2.25. The molecular weight excluding hydrogens is 238 g/mol. The first kappa shape index (κ1) is 11.6. The van der Waals surface area contributed by atoms with Crippen LogP contribution in [0.4, 0.5) is 5.82 Å². The molecule has 0 bridgehead atoms. The number of rotatable bonds is 2. The van der Waals surface area contributed by atoms with Crippen LogP contribution in [0, 0.1) is 0 Å². The highest BCUT2D eigenvalue weighted by molar-refractivity contribution is 5.99. The summed E-state index contributed by atoms with van der Waals surface area (Å²) in [7, 11) is 1.74. The molecule has 0 saturated carbocycles. The van der Waals surface area contributed by atoms with Crippen LogP contribution in [0.1, 0.15) is 17.0 Å². The normalized spacial score (nSPS) is 14.2. The van der Waals surface area contributed by atoms with Gasteiger partial charge in [-0.2, -0.15) is 0 Å². The van der Waals surface area contributed by atoms with Gasteiger partial charge in [0.2, 0.25) is 5.91 Å². The first-order chi connectivity index (χ1) is 9.24. The maximum absolute atomic E-state index is 11.6. The molecule has 1 aromatic heterocycles. The SMILES string of the molecule is CN1C(=O)Cc2cnc(/C=C/c3ccccc3)nc21. The van der Waals surface area contributed by atoms with Crippen molar-refractivity contribution in [3.63, 3.8) is 0 Å². The molecule has 0 unspecified atom stereocenters. The summed E-state index contributed by atoms with van der Waals surface area (Å²) in [6, 6.07) is 9.97. The molecular formula is C15H13N3O. The van der Waals surface area contributed by atoms with Crippen LogP contribution in [0.15, 0.2) is 36.5 Å². The van der Waals surface area contributed by atoms with Crippen molar-refractivity contribution in [3.05, 3.63) is 53.5 Å². The average molecular weight is 251 g/mol. The van der Waals surface area contributed by atoms with Gasteiger partial charge < -0.3 is 0 Å². The fraction of sp³-hybridized carbons (Fsp3) is 0.133. The molecule has 1 aliphatic heterocycles. The van der Waals surface area contributed by atoms with Gasteiger partial charge in [0.05, 0.1) is 6.42 Å². The molecule has 3 rings (SSSR count). The lowest BCUT2D eigenvalue weighted by atomic mass is 10.2. The van der Waals surface area contributed by atoms with E-state index in [1.54, 1.807) is 18.1 Å². The molecule has 0 spiro atoms. The number of anilines is 1. The Labute approximate surface area is 111 Å². The van der Waals surface area contributed by atoms with Gasteiger partial charge in [0.25, 0.3) is 0 Å². The maximum atomic E-state index is 11.6. The molecule has 2 aromatic rings. The predicted octanol–water partition coefficient (Wildman–Crippen LogP) is 2.17. The van der Waals surface area contributed by atoms with Crippen molar-refractivity contribution < 1.29 is 4.79 Å². The molecule has 0 radical (unpaired) electrons. The molecule has 1 aliphatic rings. The monoisotopic (exact) mass is 251 g/mol. The number of aromatic nitrogens is 2. The zero-order chi connectivity index (χ0) is 13.2. The molecule has 94 valence electrons. The Kier molecular flexibility index (Phi) is 2.83. The Morgan fingerprint density at radius 1 is 1.21 bits per heavy atom. The van der Waals surface area contributed by atoms with Crippen LogP contribution < -0.4 is 4.90 Å². The highest BCUT2D eigenvalue weighted by atomic mass is 16.2. The lowest BCUT2D eigenvalue weighted by Gasteiger charge is -2.08. The van der Waals surface area contributed by atoms with Gasteiger partial charge in [-0.1, -0.05) is 36.4 Å². The third-order valence-electron chi connectivity index (χ3n) is 3.12. The summed E-state index contributed by atoms with van der Waals surface area (Å²) in [4.78, 5) is 21.8. The number of hydrogen-bond donors (Lipinski definition) is 0. The number of amides is 1. The molecule has 0 fully saturated rings. The van der Waals surface area contributed by atoms with Gasteiger partial charge in [0.15, 0.2) is 5.82 Å². The molecule has 1 amide bonds. The van der Waals surface area contributed by atoms with E-state index in [1.165, 1.54) is 0 Å². The summed E-state index contributed by atoms with van der Waals surface area (Å²) in [6.07, 6.45) is 5.94. The van der Waals surface area contributed by atoms with Gasteiger partial charge in [-0.25, -0.2) is 9.97 Å². The number of nitrogens with zero attached hydrogens (tertiary/aromatic N) is 3. The molecule has 0 N–H and O–H groups in total. The number of carbonyl (C=O) groups excluding carboxylic acids is 1. The fourth-order valence-corrected chi connectivity index (χ4v) is 2.04. The van der Waals surface area contributed by atoms with Gasteiger partial charge in [-0.3, -0.25) is 9.69 Å². The number of carbonyl (C=O) groups is 1. The maximum Gasteiger partial charge on any atom is 0.232 e. The van der Waals surface area contributed by atoms with Gasteiger partial charge in [-0.05, 0) is 11.6 Å². The number of fused-ring (bicyclic) bond motifs is 1. The zero-order valence-electron chi connectivity index (χ0n) is 10.6. The smallest absolute Gasteiger partial charge is 0.232 e. The highest BCUT2D eigenvalue weighted by Crippen LogP contribution is 2.24. The van der Waals surface area contributed by atoms with Crippen molar-refractivity contribution in [2.24, 2.45) is 0 Å². The van der Waals surface area contributed by atoms with E-state index in [0.29, 0.717) is 18.1 Å². The summed E-state index contributed by atoms with van der Waals surface area (Å²) < 4.78 is 0. The Morgan fingerprint density at radius 3 is 2.79 bits per heavy atom. The lowest BCUT2D eigenvalue weighted by molar-refractivity contribution is -0.117. The summed E-state index contributed by atoms with van der Waals surface area (Å²) in [5.41, 5.74) is 1.99. The molecule has 4 nitrogen and oxygen atoms in total. The van der Waals surface area contributed by atoms with E-state index >= 15 is 0 Å². The van der Waals surface area contributed by atoms with E-state index < -0.39 is 0 Å². The van der Waals surface area contributed by atoms with Gasteiger partial charge in [0, 0.05) is 18.8 Å². The minimum atomic E-state index is 0.0634. The van der Waals surface area contributed by atoms with Crippen LogP contribution in [0.25, 0.3) is 12.2 Å². The van der Waals surface area contributed by atoms with Crippen LogP contribution in [-0.2, 0) is 11.2 Å². The van der Waals surface area contributed by atoms with Crippen molar-refractivity contribution in [2.75, 3.05) is 11.9 Å². The number of likely N-dealkylation sites (N-methyl/N-ethyl adjacent to an activating group) is 1. The number of hydrogen-bond acceptors (Lipinski definition) is 3. The molecule has 0 aliphatic carbocycles. The zero-order valence-corrected chi connectivity index (χ0v) is 10.6. The molecule has 2 heterocycles. The third kappa shape index (κ3) is 2.25. The van der Waals surface area contributed by atoms with Crippen molar-refractivity contribution in [2.45, 2.75) is 6.42 Å². The van der Waals surface area contributed by atoms with Crippen LogP contribution in [0.5, 0.6) is 0 Å². The minimum Gasteiger partial charge on any atom is -0.299 e. The first-order valence-corrected chi connectivity index (χ1v) is 6.09. The van der Waals surface area contributed by atoms with Crippen LogP contribution >= 0.6 is 0 Å². The second-order valence-electron chi connectivity index (χ2n) is 4.45. The van der Waals surface area contributed by atoms with Crippen molar-refractivity contribution in [1.29, 1.82) is 0 Å². The van der Waals surface area contributed by atoms with Crippen molar-refractivity contribution >= 4 is 23.9 Å². The van der Waals surface area contributed by atoms with Gasteiger partial charge in [-0.15, -0.1) is 0 Å². The molecule has 0 saturated heterocycles. The quantitative estimate of drug-likeness (QED) is 0.821. The summed E-state index contributed by atoms with van der Waals surface area (Å²) >= 11 is 0. The van der Waals surface area contributed by atoms with E-state index in [1.807, 2.05) is 42.5 Å².